The van der Waals surface area contributed by atoms with Gasteiger partial charge in [0.15, 0.2) is 0 Å². The van der Waals surface area contributed by atoms with E-state index in [1.807, 2.05) is 0 Å². The van der Waals surface area contributed by atoms with Gasteiger partial charge in [0.2, 0.25) is 0 Å². The van der Waals surface area contributed by atoms with Gasteiger partial charge < -0.3 is 15.3 Å². The molecule has 0 radical (unpaired) electrons. The number of nitrogens with zero attached hydrogens (tertiary/aromatic N) is 1. The number of amides is 2. The van der Waals surface area contributed by atoms with Crippen molar-refractivity contribution in [2.24, 2.45) is 0 Å². The maximum absolute atomic E-state index is 12.1. The van der Waals surface area contributed by atoms with Gasteiger partial charge in [0, 0.05) is 11.6 Å². The molecular formula is C12H11Cl3N2O3. The lowest BCUT2D eigenvalue weighted by atomic mass is 10.2. The lowest BCUT2D eigenvalue weighted by molar-refractivity contribution is -0.141. The molecule has 1 fully saturated rings. The summed E-state index contributed by atoms with van der Waals surface area (Å²) in [6, 6.07) is 1.54. The second-order valence-electron chi connectivity index (χ2n) is 4.36. The molecule has 1 aliphatic rings. The fourth-order valence-corrected chi connectivity index (χ4v) is 3.02. The van der Waals surface area contributed by atoms with Crippen molar-refractivity contribution in [2.75, 3.05) is 11.9 Å². The number of urea groups is 1. The van der Waals surface area contributed by atoms with E-state index in [0.717, 1.165) is 0 Å². The van der Waals surface area contributed by atoms with Crippen molar-refractivity contribution >= 4 is 52.5 Å². The Balaban J connectivity index is 2.18. The first-order valence-corrected chi connectivity index (χ1v) is 6.98. The molecule has 2 rings (SSSR count). The molecule has 0 saturated carbocycles. The standard InChI is InChI=1S/C12H11Cl3N2O3/c13-6-4-7(14)10(8(15)5-6)16-12(20)17-3-1-2-9(17)11(18)19/h4-5,9H,1-3H2,(H,16,20)(H,18,19). The number of carbonyl (C=O) groups is 2. The molecule has 0 spiro atoms. The lowest BCUT2D eigenvalue weighted by Gasteiger charge is -2.22. The van der Waals surface area contributed by atoms with Gasteiger partial charge in [-0.3, -0.25) is 0 Å². The molecule has 1 saturated heterocycles. The average Bonchev–Trinajstić information content (AvgIpc) is 2.82. The number of carboxylic acids is 1. The Hall–Kier alpha value is -1.17. The number of aliphatic carboxylic acids is 1. The molecule has 1 atom stereocenters. The summed E-state index contributed by atoms with van der Waals surface area (Å²) < 4.78 is 0. The van der Waals surface area contributed by atoms with Gasteiger partial charge in [-0.15, -0.1) is 0 Å². The minimum atomic E-state index is -1.02. The number of rotatable bonds is 2. The van der Waals surface area contributed by atoms with E-state index in [1.165, 1.54) is 17.0 Å². The second-order valence-corrected chi connectivity index (χ2v) is 5.62. The fourth-order valence-electron chi connectivity index (χ4n) is 2.11. The highest BCUT2D eigenvalue weighted by Crippen LogP contribution is 2.34. The predicted molar refractivity (Wildman–Crippen MR) is 77.9 cm³/mol. The van der Waals surface area contributed by atoms with Gasteiger partial charge in [0.25, 0.3) is 0 Å². The van der Waals surface area contributed by atoms with Crippen LogP contribution in [0.25, 0.3) is 0 Å². The minimum absolute atomic E-state index is 0.196. The number of nitrogens with one attached hydrogen (secondary N) is 1. The summed E-state index contributed by atoms with van der Waals surface area (Å²) in [6.07, 6.45) is 1.08. The van der Waals surface area contributed by atoms with Gasteiger partial charge in [-0.05, 0) is 25.0 Å². The number of carboxylic acid groups (broad SMARTS) is 1. The maximum Gasteiger partial charge on any atom is 0.326 e. The van der Waals surface area contributed by atoms with Gasteiger partial charge >= 0.3 is 12.0 Å². The van der Waals surface area contributed by atoms with Crippen LogP contribution >= 0.6 is 34.8 Å². The van der Waals surface area contributed by atoms with Crippen LogP contribution in [0, 0.1) is 0 Å². The van der Waals surface area contributed by atoms with Crippen molar-refractivity contribution in [2.45, 2.75) is 18.9 Å². The van der Waals surface area contributed by atoms with Crippen molar-refractivity contribution < 1.29 is 14.7 Å². The van der Waals surface area contributed by atoms with E-state index in [1.54, 1.807) is 0 Å². The average molecular weight is 338 g/mol. The number of benzene rings is 1. The topological polar surface area (TPSA) is 69.6 Å². The molecule has 1 aromatic rings. The first-order valence-electron chi connectivity index (χ1n) is 5.85. The van der Waals surface area contributed by atoms with Crippen molar-refractivity contribution in [3.8, 4) is 0 Å². The Bertz CT molecular complexity index is 542. The SMILES string of the molecule is O=C(O)C1CCCN1C(=O)Nc1c(Cl)cc(Cl)cc1Cl. The highest BCUT2D eigenvalue weighted by Gasteiger charge is 2.34. The van der Waals surface area contributed by atoms with Crippen LogP contribution in [-0.4, -0.2) is 34.6 Å². The van der Waals surface area contributed by atoms with Crippen LogP contribution in [0.1, 0.15) is 12.8 Å². The third-order valence-corrected chi connectivity index (χ3v) is 3.85. The number of hydrogen-bond donors (Lipinski definition) is 2. The van der Waals surface area contributed by atoms with Crippen molar-refractivity contribution in [3.05, 3.63) is 27.2 Å². The van der Waals surface area contributed by atoms with Crippen LogP contribution < -0.4 is 5.32 Å². The van der Waals surface area contributed by atoms with Gasteiger partial charge in [0.1, 0.15) is 6.04 Å². The molecule has 1 aliphatic heterocycles. The molecule has 0 aliphatic carbocycles. The summed E-state index contributed by atoms with van der Waals surface area (Å²) >= 11 is 17.7. The van der Waals surface area contributed by atoms with Gasteiger partial charge in [-0.25, -0.2) is 9.59 Å². The fraction of sp³-hybridized carbons (Fsp3) is 0.333. The molecule has 8 heteroatoms. The molecule has 2 amide bonds. The van der Waals surface area contributed by atoms with E-state index < -0.39 is 18.0 Å². The second kappa shape index (κ2) is 6.08. The molecule has 1 heterocycles. The number of carbonyl (C=O) groups excluding carboxylic acids is 1. The van der Waals surface area contributed by atoms with Crippen LogP contribution in [0.4, 0.5) is 10.5 Å². The Morgan fingerprint density at radius 2 is 1.85 bits per heavy atom. The first-order chi connectivity index (χ1) is 9.40. The molecule has 2 N–H and O–H groups in total. The van der Waals surface area contributed by atoms with Crippen LogP contribution in [0.5, 0.6) is 0 Å². The molecule has 1 aromatic carbocycles. The summed E-state index contributed by atoms with van der Waals surface area (Å²) in [5.74, 6) is -1.02. The summed E-state index contributed by atoms with van der Waals surface area (Å²) in [7, 11) is 0. The van der Waals surface area contributed by atoms with Crippen LogP contribution in [0.2, 0.25) is 15.1 Å². The lowest BCUT2D eigenvalue weighted by Crippen LogP contribution is -2.42. The number of likely N-dealkylation sites (tertiary alicyclic amines) is 1. The largest absolute Gasteiger partial charge is 0.480 e. The number of halogens is 3. The van der Waals surface area contributed by atoms with E-state index in [4.69, 9.17) is 39.9 Å². The first kappa shape index (κ1) is 15.2. The quantitative estimate of drug-likeness (QED) is 0.864. The highest BCUT2D eigenvalue weighted by molar-refractivity contribution is 6.42. The summed E-state index contributed by atoms with van der Waals surface area (Å²) in [4.78, 5) is 24.4. The Kier molecular flexibility index (Phi) is 4.62. The van der Waals surface area contributed by atoms with Crippen molar-refractivity contribution in [1.82, 2.24) is 4.90 Å². The smallest absolute Gasteiger partial charge is 0.326 e. The normalized spacial score (nSPS) is 18.1. The van der Waals surface area contributed by atoms with Gasteiger partial charge in [-0.1, -0.05) is 34.8 Å². The van der Waals surface area contributed by atoms with Crippen LogP contribution in [0.15, 0.2) is 12.1 Å². The Labute approximate surface area is 130 Å². The van der Waals surface area contributed by atoms with E-state index in [2.05, 4.69) is 5.32 Å². The summed E-state index contributed by atoms with van der Waals surface area (Å²) in [6.45, 7) is 0.381. The van der Waals surface area contributed by atoms with E-state index >= 15 is 0 Å². The zero-order valence-electron chi connectivity index (χ0n) is 10.2. The molecule has 0 bridgehead atoms. The zero-order chi connectivity index (χ0) is 14.9. The molecule has 0 aromatic heterocycles. The highest BCUT2D eigenvalue weighted by atomic mass is 35.5. The predicted octanol–water partition coefficient (Wildman–Crippen LogP) is 3.73. The molecule has 1 unspecified atom stereocenters. The van der Waals surface area contributed by atoms with Gasteiger partial charge in [-0.2, -0.15) is 0 Å². The minimum Gasteiger partial charge on any atom is -0.480 e. The third kappa shape index (κ3) is 3.11. The number of anilines is 1. The molecule has 108 valence electrons. The monoisotopic (exact) mass is 336 g/mol. The summed E-state index contributed by atoms with van der Waals surface area (Å²) in [5, 5.41) is 12.3. The summed E-state index contributed by atoms with van der Waals surface area (Å²) in [5.41, 5.74) is 0.221. The molecule has 20 heavy (non-hydrogen) atoms. The number of hydrogen-bond acceptors (Lipinski definition) is 2. The van der Waals surface area contributed by atoms with E-state index in [0.29, 0.717) is 24.4 Å². The van der Waals surface area contributed by atoms with Crippen molar-refractivity contribution in [1.29, 1.82) is 0 Å². The maximum atomic E-state index is 12.1. The molecular weight excluding hydrogens is 327 g/mol. The van der Waals surface area contributed by atoms with Crippen LogP contribution in [0.3, 0.4) is 0 Å². The third-order valence-electron chi connectivity index (χ3n) is 3.04. The van der Waals surface area contributed by atoms with E-state index in [9.17, 15) is 9.59 Å². The Morgan fingerprint density at radius 3 is 2.40 bits per heavy atom. The van der Waals surface area contributed by atoms with E-state index in [-0.39, 0.29) is 15.7 Å². The molecule has 5 nitrogen and oxygen atoms in total. The van der Waals surface area contributed by atoms with Gasteiger partial charge in [0.05, 0.1) is 15.7 Å². The van der Waals surface area contributed by atoms with Crippen molar-refractivity contribution in [3.63, 3.8) is 0 Å². The Morgan fingerprint density at radius 1 is 1.25 bits per heavy atom. The zero-order valence-corrected chi connectivity index (χ0v) is 12.5. The van der Waals surface area contributed by atoms with Crippen LogP contribution in [-0.2, 0) is 4.79 Å².